The van der Waals surface area contributed by atoms with E-state index in [1.54, 1.807) is 42.5 Å². The Morgan fingerprint density at radius 2 is 1.92 bits per heavy atom. The molecule has 2 aromatic rings. The maximum atomic E-state index is 12.2. The number of ether oxygens (including phenoxy) is 2. The van der Waals surface area contributed by atoms with E-state index < -0.39 is 0 Å². The lowest BCUT2D eigenvalue weighted by molar-refractivity contribution is 0.104. The van der Waals surface area contributed by atoms with E-state index >= 15 is 0 Å². The Hall–Kier alpha value is -2.77. The molecule has 24 heavy (non-hydrogen) atoms. The van der Waals surface area contributed by atoms with E-state index in [9.17, 15) is 4.79 Å². The predicted molar refractivity (Wildman–Crippen MR) is 91.6 cm³/mol. The normalized spacial score (nSPS) is 13.3. The van der Waals surface area contributed by atoms with Gasteiger partial charge in [-0.15, -0.1) is 0 Å². The highest BCUT2D eigenvalue weighted by molar-refractivity contribution is 6.32. The van der Waals surface area contributed by atoms with Gasteiger partial charge in [-0.1, -0.05) is 17.7 Å². The molecule has 1 heterocycles. The Kier molecular flexibility index (Phi) is 4.83. The summed E-state index contributed by atoms with van der Waals surface area (Å²) in [6, 6.07) is 12.1. The molecule has 0 aromatic heterocycles. The third-order valence-electron chi connectivity index (χ3n) is 3.55. The van der Waals surface area contributed by atoms with Gasteiger partial charge >= 0.3 is 0 Å². The van der Waals surface area contributed by atoms with Gasteiger partial charge in [0.2, 0.25) is 0 Å². The van der Waals surface area contributed by atoms with Crippen LogP contribution in [-0.2, 0) is 0 Å². The van der Waals surface area contributed by atoms with E-state index in [0.29, 0.717) is 40.9 Å². The van der Waals surface area contributed by atoms with Crippen molar-refractivity contribution in [2.45, 2.75) is 6.42 Å². The molecule has 0 aliphatic carbocycles. The van der Waals surface area contributed by atoms with E-state index in [0.717, 1.165) is 12.0 Å². The lowest BCUT2D eigenvalue weighted by Crippen LogP contribution is -1.97. The number of fused-ring (bicyclic) bond motifs is 1. The SMILES string of the molecule is N#Cc1ccc(C(=O)/C=C/c2cc(Cl)c3c(c2)OCCCO3)cc1. The summed E-state index contributed by atoms with van der Waals surface area (Å²) in [7, 11) is 0. The molecule has 4 nitrogen and oxygen atoms in total. The first-order chi connectivity index (χ1) is 11.7. The molecule has 0 unspecified atom stereocenters. The minimum Gasteiger partial charge on any atom is -0.489 e. The van der Waals surface area contributed by atoms with Crippen molar-refractivity contribution in [2.75, 3.05) is 13.2 Å². The summed E-state index contributed by atoms with van der Waals surface area (Å²) >= 11 is 6.23. The first kappa shape index (κ1) is 16.1. The number of benzene rings is 2. The number of rotatable bonds is 3. The largest absolute Gasteiger partial charge is 0.489 e. The molecule has 0 amide bonds. The molecule has 3 rings (SSSR count). The molecule has 0 saturated heterocycles. The molecule has 1 aliphatic heterocycles. The minimum atomic E-state index is -0.150. The van der Waals surface area contributed by atoms with E-state index in [2.05, 4.69) is 0 Å². The number of carbonyl (C=O) groups excluding carboxylic acids is 1. The van der Waals surface area contributed by atoms with Gasteiger partial charge in [-0.2, -0.15) is 5.26 Å². The summed E-state index contributed by atoms with van der Waals surface area (Å²) in [6.07, 6.45) is 3.95. The molecule has 0 radical (unpaired) electrons. The first-order valence-electron chi connectivity index (χ1n) is 7.49. The number of allylic oxidation sites excluding steroid dienone is 1. The summed E-state index contributed by atoms with van der Waals surface area (Å²) < 4.78 is 11.2. The van der Waals surface area contributed by atoms with Gasteiger partial charge in [-0.05, 0) is 48.0 Å². The smallest absolute Gasteiger partial charge is 0.185 e. The number of halogens is 1. The molecule has 0 fully saturated rings. The number of nitriles is 1. The van der Waals surface area contributed by atoms with Crippen LogP contribution >= 0.6 is 11.6 Å². The standard InChI is InChI=1S/C19H14ClNO3/c20-16-10-14(11-18-19(16)24-9-1-8-23-18)4-7-17(22)15-5-2-13(12-21)3-6-15/h2-7,10-11H,1,8-9H2/b7-4+. The van der Waals surface area contributed by atoms with Crippen LogP contribution in [0.15, 0.2) is 42.5 Å². The second kappa shape index (κ2) is 7.20. The molecular weight excluding hydrogens is 326 g/mol. The highest BCUT2D eigenvalue weighted by atomic mass is 35.5. The predicted octanol–water partition coefficient (Wildman–Crippen LogP) is 4.27. The van der Waals surface area contributed by atoms with Gasteiger partial charge in [0.15, 0.2) is 17.3 Å². The lowest BCUT2D eigenvalue weighted by Gasteiger charge is -2.09. The Labute approximate surface area is 144 Å². The summed E-state index contributed by atoms with van der Waals surface area (Å²) in [5.41, 5.74) is 1.79. The average Bonchev–Trinajstić information content (AvgIpc) is 2.85. The highest BCUT2D eigenvalue weighted by Crippen LogP contribution is 2.38. The molecule has 1 aliphatic rings. The molecule has 0 bridgehead atoms. The van der Waals surface area contributed by atoms with Crippen molar-refractivity contribution < 1.29 is 14.3 Å². The molecule has 0 spiro atoms. The molecule has 2 aromatic carbocycles. The van der Waals surface area contributed by atoms with Gasteiger partial charge in [0.05, 0.1) is 29.9 Å². The Morgan fingerprint density at radius 3 is 2.67 bits per heavy atom. The zero-order chi connectivity index (χ0) is 16.9. The zero-order valence-electron chi connectivity index (χ0n) is 12.8. The second-order valence-corrected chi connectivity index (χ2v) is 5.67. The number of nitrogens with zero attached hydrogens (tertiary/aromatic N) is 1. The highest BCUT2D eigenvalue weighted by Gasteiger charge is 2.15. The Bertz CT molecular complexity index is 835. The van der Waals surface area contributed by atoms with Crippen molar-refractivity contribution in [3.8, 4) is 17.6 Å². The first-order valence-corrected chi connectivity index (χ1v) is 7.87. The van der Waals surface area contributed by atoms with Crippen LogP contribution < -0.4 is 9.47 Å². The van der Waals surface area contributed by atoms with E-state index in [4.69, 9.17) is 26.3 Å². The molecule has 0 atom stereocenters. The van der Waals surface area contributed by atoms with Gasteiger partial charge < -0.3 is 9.47 Å². The maximum absolute atomic E-state index is 12.2. The molecule has 5 heteroatoms. The van der Waals surface area contributed by atoms with Gasteiger partial charge in [-0.3, -0.25) is 4.79 Å². The fraction of sp³-hybridized carbons (Fsp3) is 0.158. The Balaban J connectivity index is 1.81. The van der Waals surface area contributed by atoms with Crippen molar-refractivity contribution in [1.82, 2.24) is 0 Å². The van der Waals surface area contributed by atoms with E-state index in [1.807, 2.05) is 6.07 Å². The van der Waals surface area contributed by atoms with E-state index in [-0.39, 0.29) is 5.78 Å². The zero-order valence-corrected chi connectivity index (χ0v) is 13.5. The number of carbonyl (C=O) groups is 1. The number of ketones is 1. The fourth-order valence-electron chi connectivity index (χ4n) is 2.32. The van der Waals surface area contributed by atoms with Crippen LogP contribution in [-0.4, -0.2) is 19.0 Å². The van der Waals surface area contributed by atoms with Gasteiger partial charge in [0, 0.05) is 12.0 Å². The molecule has 0 N–H and O–H groups in total. The summed E-state index contributed by atoms with van der Waals surface area (Å²) in [5, 5.41) is 9.24. The van der Waals surface area contributed by atoms with Gasteiger partial charge in [-0.25, -0.2) is 0 Å². The lowest BCUT2D eigenvalue weighted by atomic mass is 10.1. The minimum absolute atomic E-state index is 0.150. The summed E-state index contributed by atoms with van der Waals surface area (Å²) in [6.45, 7) is 1.14. The quantitative estimate of drug-likeness (QED) is 0.619. The van der Waals surface area contributed by atoms with Crippen LogP contribution in [0.1, 0.15) is 27.9 Å². The van der Waals surface area contributed by atoms with Gasteiger partial charge in [0.1, 0.15) is 0 Å². The number of hydrogen-bond acceptors (Lipinski definition) is 4. The van der Waals surface area contributed by atoms with Crippen LogP contribution in [0.25, 0.3) is 6.08 Å². The van der Waals surface area contributed by atoms with Crippen LogP contribution in [0.2, 0.25) is 5.02 Å². The third-order valence-corrected chi connectivity index (χ3v) is 3.83. The van der Waals surface area contributed by atoms with Crippen molar-refractivity contribution in [2.24, 2.45) is 0 Å². The topological polar surface area (TPSA) is 59.3 Å². The van der Waals surface area contributed by atoms with Crippen molar-refractivity contribution >= 4 is 23.5 Å². The fourth-order valence-corrected chi connectivity index (χ4v) is 2.60. The van der Waals surface area contributed by atoms with Crippen LogP contribution in [0.4, 0.5) is 0 Å². The average molecular weight is 340 g/mol. The van der Waals surface area contributed by atoms with Crippen molar-refractivity contribution in [3.05, 3.63) is 64.2 Å². The Morgan fingerprint density at radius 1 is 1.17 bits per heavy atom. The monoisotopic (exact) mass is 339 g/mol. The van der Waals surface area contributed by atoms with Crippen molar-refractivity contribution in [1.29, 1.82) is 5.26 Å². The summed E-state index contributed by atoms with van der Waals surface area (Å²) in [4.78, 5) is 12.2. The third kappa shape index (κ3) is 3.58. The summed E-state index contributed by atoms with van der Waals surface area (Å²) in [5.74, 6) is 0.984. The van der Waals surface area contributed by atoms with Crippen LogP contribution in [0.5, 0.6) is 11.5 Å². The molecule has 0 saturated carbocycles. The number of hydrogen-bond donors (Lipinski definition) is 0. The van der Waals surface area contributed by atoms with Crippen LogP contribution in [0, 0.1) is 11.3 Å². The molecular formula is C19H14ClNO3. The van der Waals surface area contributed by atoms with Crippen molar-refractivity contribution in [3.63, 3.8) is 0 Å². The van der Waals surface area contributed by atoms with E-state index in [1.165, 1.54) is 6.08 Å². The molecule has 120 valence electrons. The second-order valence-electron chi connectivity index (χ2n) is 5.27. The maximum Gasteiger partial charge on any atom is 0.185 e. The van der Waals surface area contributed by atoms with Crippen LogP contribution in [0.3, 0.4) is 0 Å². The van der Waals surface area contributed by atoms with Gasteiger partial charge in [0.25, 0.3) is 0 Å².